The molecule has 1 heterocycles. The number of carbonyl (C=O) groups is 1. The van der Waals surface area contributed by atoms with Crippen LogP contribution in [0.4, 0.5) is 5.13 Å². The Kier molecular flexibility index (Phi) is 3.11. The molecule has 3 nitrogen and oxygen atoms in total. The molecule has 1 fully saturated rings. The van der Waals surface area contributed by atoms with Crippen molar-refractivity contribution >= 4 is 22.4 Å². The van der Waals surface area contributed by atoms with Gasteiger partial charge in [-0.1, -0.05) is 12.1 Å². The average Bonchev–Trinajstić information content (AvgIpc) is 3.14. The van der Waals surface area contributed by atoms with Crippen LogP contribution in [0.15, 0.2) is 23.6 Å². The molecule has 1 N–H and O–H groups in total. The van der Waals surface area contributed by atoms with E-state index >= 15 is 0 Å². The van der Waals surface area contributed by atoms with E-state index in [2.05, 4.69) is 42.3 Å². The minimum Gasteiger partial charge on any atom is -0.302 e. The Morgan fingerprint density at radius 2 is 2.11 bits per heavy atom. The first kappa shape index (κ1) is 12.4. The van der Waals surface area contributed by atoms with Crippen LogP contribution in [0.1, 0.15) is 24.0 Å². The average molecular weight is 272 g/mol. The standard InChI is InChI=1S/C15H16N2OS/c1-9-3-4-12(7-10(9)2)13-8-19-15(16-13)17-14(18)11-5-6-11/h3-4,7-8,11H,5-6H2,1-2H3,(H,16,17,18). The van der Waals surface area contributed by atoms with Gasteiger partial charge in [0.1, 0.15) is 0 Å². The van der Waals surface area contributed by atoms with Gasteiger partial charge in [0.2, 0.25) is 5.91 Å². The second kappa shape index (κ2) is 4.78. The molecular weight excluding hydrogens is 256 g/mol. The minimum atomic E-state index is 0.112. The number of carbonyl (C=O) groups excluding carboxylic acids is 1. The van der Waals surface area contributed by atoms with Crippen molar-refractivity contribution < 1.29 is 4.79 Å². The summed E-state index contributed by atoms with van der Waals surface area (Å²) in [7, 11) is 0. The molecule has 1 aromatic carbocycles. The van der Waals surface area contributed by atoms with Gasteiger partial charge in [-0.2, -0.15) is 0 Å². The first-order chi connectivity index (χ1) is 9.13. The number of thiazole rings is 1. The molecular formula is C15H16N2OS. The molecule has 0 radical (unpaired) electrons. The number of amides is 1. The molecule has 0 bridgehead atoms. The van der Waals surface area contributed by atoms with E-state index in [0.29, 0.717) is 5.13 Å². The highest BCUT2D eigenvalue weighted by Crippen LogP contribution is 2.31. The molecule has 3 rings (SSSR count). The third-order valence-electron chi connectivity index (χ3n) is 3.49. The molecule has 0 spiro atoms. The van der Waals surface area contributed by atoms with Gasteiger partial charge in [0.15, 0.2) is 5.13 Å². The Morgan fingerprint density at radius 3 is 2.79 bits per heavy atom. The van der Waals surface area contributed by atoms with Gasteiger partial charge >= 0.3 is 0 Å². The largest absolute Gasteiger partial charge is 0.302 e. The van der Waals surface area contributed by atoms with E-state index in [4.69, 9.17) is 0 Å². The molecule has 2 aromatic rings. The van der Waals surface area contributed by atoms with Crippen LogP contribution in [0.3, 0.4) is 0 Å². The summed E-state index contributed by atoms with van der Waals surface area (Å²) in [5.41, 5.74) is 4.57. The van der Waals surface area contributed by atoms with Crippen molar-refractivity contribution in [3.63, 3.8) is 0 Å². The molecule has 0 saturated heterocycles. The summed E-state index contributed by atoms with van der Waals surface area (Å²) in [5, 5.41) is 5.58. The number of rotatable bonds is 3. The molecule has 1 saturated carbocycles. The number of nitrogens with one attached hydrogen (secondary N) is 1. The quantitative estimate of drug-likeness (QED) is 0.924. The first-order valence-electron chi connectivity index (χ1n) is 6.47. The van der Waals surface area contributed by atoms with E-state index in [9.17, 15) is 4.79 Å². The fourth-order valence-corrected chi connectivity index (χ4v) is 2.64. The minimum absolute atomic E-state index is 0.112. The zero-order valence-electron chi connectivity index (χ0n) is 11.1. The fraction of sp³-hybridized carbons (Fsp3) is 0.333. The Labute approximate surface area is 116 Å². The first-order valence-corrected chi connectivity index (χ1v) is 7.35. The number of hydrogen-bond acceptors (Lipinski definition) is 3. The van der Waals surface area contributed by atoms with Crippen LogP contribution in [0, 0.1) is 19.8 Å². The number of anilines is 1. The number of aromatic nitrogens is 1. The summed E-state index contributed by atoms with van der Waals surface area (Å²) in [4.78, 5) is 16.2. The van der Waals surface area contributed by atoms with E-state index in [1.165, 1.54) is 22.5 Å². The highest BCUT2D eigenvalue weighted by atomic mass is 32.1. The molecule has 1 aliphatic carbocycles. The van der Waals surface area contributed by atoms with Gasteiger partial charge in [0.25, 0.3) is 0 Å². The summed E-state index contributed by atoms with van der Waals surface area (Å²) in [6.45, 7) is 4.20. The van der Waals surface area contributed by atoms with Gasteiger partial charge in [-0.3, -0.25) is 4.79 Å². The predicted octanol–water partition coefficient (Wildman–Crippen LogP) is 3.78. The summed E-state index contributed by atoms with van der Waals surface area (Å²) >= 11 is 1.48. The van der Waals surface area contributed by atoms with Crippen molar-refractivity contribution in [2.24, 2.45) is 5.92 Å². The zero-order valence-corrected chi connectivity index (χ0v) is 11.9. The molecule has 1 aromatic heterocycles. The van der Waals surface area contributed by atoms with Crippen molar-refractivity contribution in [2.75, 3.05) is 5.32 Å². The van der Waals surface area contributed by atoms with E-state index in [-0.39, 0.29) is 11.8 Å². The topological polar surface area (TPSA) is 42.0 Å². The lowest BCUT2D eigenvalue weighted by Gasteiger charge is -2.02. The molecule has 4 heteroatoms. The Bertz CT molecular complexity index is 629. The number of aryl methyl sites for hydroxylation is 2. The van der Waals surface area contributed by atoms with Crippen molar-refractivity contribution in [2.45, 2.75) is 26.7 Å². The highest BCUT2D eigenvalue weighted by Gasteiger charge is 2.30. The third kappa shape index (κ3) is 2.68. The Balaban J connectivity index is 1.79. The van der Waals surface area contributed by atoms with Crippen molar-refractivity contribution in [1.29, 1.82) is 0 Å². The van der Waals surface area contributed by atoms with Crippen LogP contribution in [-0.2, 0) is 4.79 Å². The second-order valence-corrected chi connectivity index (χ2v) is 5.96. The van der Waals surface area contributed by atoms with Crippen LogP contribution in [-0.4, -0.2) is 10.9 Å². The van der Waals surface area contributed by atoms with Crippen LogP contribution >= 0.6 is 11.3 Å². The van der Waals surface area contributed by atoms with Gasteiger partial charge in [-0.05, 0) is 43.9 Å². The van der Waals surface area contributed by atoms with Crippen LogP contribution < -0.4 is 5.32 Å². The molecule has 98 valence electrons. The van der Waals surface area contributed by atoms with E-state index in [0.717, 1.165) is 24.1 Å². The van der Waals surface area contributed by atoms with Crippen LogP contribution in [0.25, 0.3) is 11.3 Å². The fourth-order valence-electron chi connectivity index (χ4n) is 1.92. The van der Waals surface area contributed by atoms with E-state index in [1.807, 2.05) is 5.38 Å². The van der Waals surface area contributed by atoms with Crippen molar-refractivity contribution in [1.82, 2.24) is 4.98 Å². The lowest BCUT2D eigenvalue weighted by molar-refractivity contribution is -0.117. The van der Waals surface area contributed by atoms with Crippen molar-refractivity contribution in [3.05, 3.63) is 34.7 Å². The van der Waals surface area contributed by atoms with Gasteiger partial charge in [-0.15, -0.1) is 11.3 Å². The molecule has 0 unspecified atom stereocenters. The Hall–Kier alpha value is -1.68. The van der Waals surface area contributed by atoms with Crippen LogP contribution in [0.2, 0.25) is 0 Å². The highest BCUT2D eigenvalue weighted by molar-refractivity contribution is 7.14. The lowest BCUT2D eigenvalue weighted by Crippen LogP contribution is -2.12. The second-order valence-electron chi connectivity index (χ2n) is 5.10. The van der Waals surface area contributed by atoms with Gasteiger partial charge in [-0.25, -0.2) is 4.98 Å². The predicted molar refractivity (Wildman–Crippen MR) is 78.4 cm³/mol. The third-order valence-corrected chi connectivity index (χ3v) is 4.24. The summed E-state index contributed by atoms with van der Waals surface area (Å²) < 4.78 is 0. The SMILES string of the molecule is Cc1ccc(-c2csc(NC(=O)C3CC3)n2)cc1C. The molecule has 1 aliphatic rings. The number of hydrogen-bond donors (Lipinski definition) is 1. The van der Waals surface area contributed by atoms with Gasteiger partial charge in [0.05, 0.1) is 5.69 Å². The molecule has 1 amide bonds. The van der Waals surface area contributed by atoms with Crippen LogP contribution in [0.5, 0.6) is 0 Å². The summed E-state index contributed by atoms with van der Waals surface area (Å²) in [6, 6.07) is 6.31. The molecule has 0 aliphatic heterocycles. The zero-order chi connectivity index (χ0) is 13.4. The van der Waals surface area contributed by atoms with Crippen molar-refractivity contribution in [3.8, 4) is 11.3 Å². The lowest BCUT2D eigenvalue weighted by atomic mass is 10.1. The summed E-state index contributed by atoms with van der Waals surface area (Å²) in [6.07, 6.45) is 2.03. The van der Waals surface area contributed by atoms with E-state index in [1.54, 1.807) is 0 Å². The maximum absolute atomic E-state index is 11.7. The normalized spacial score (nSPS) is 14.4. The van der Waals surface area contributed by atoms with Gasteiger partial charge < -0.3 is 5.32 Å². The number of benzene rings is 1. The maximum Gasteiger partial charge on any atom is 0.229 e. The molecule has 0 atom stereocenters. The van der Waals surface area contributed by atoms with Gasteiger partial charge in [0, 0.05) is 16.9 Å². The monoisotopic (exact) mass is 272 g/mol. The Morgan fingerprint density at radius 1 is 1.32 bits per heavy atom. The number of nitrogens with zero attached hydrogens (tertiary/aromatic N) is 1. The summed E-state index contributed by atoms with van der Waals surface area (Å²) in [5.74, 6) is 0.329. The molecule has 19 heavy (non-hydrogen) atoms. The smallest absolute Gasteiger partial charge is 0.229 e. The van der Waals surface area contributed by atoms with E-state index < -0.39 is 0 Å². The maximum atomic E-state index is 11.7.